The summed E-state index contributed by atoms with van der Waals surface area (Å²) in [6, 6.07) is 6.37. The van der Waals surface area contributed by atoms with Crippen molar-refractivity contribution in [3.8, 4) is 0 Å². The van der Waals surface area contributed by atoms with Gasteiger partial charge >= 0.3 is 0 Å². The second-order valence-electron chi connectivity index (χ2n) is 5.59. The van der Waals surface area contributed by atoms with Crippen LogP contribution in [0.25, 0.3) is 4.96 Å². The fourth-order valence-corrected chi connectivity index (χ4v) is 3.43. The first-order valence-electron chi connectivity index (χ1n) is 7.46. The number of hydrogen-bond donors (Lipinski definition) is 0. The van der Waals surface area contributed by atoms with Crippen LogP contribution in [-0.2, 0) is 12.8 Å². The summed E-state index contributed by atoms with van der Waals surface area (Å²) in [5.41, 5.74) is 2.90. The van der Waals surface area contributed by atoms with Crippen molar-refractivity contribution >= 4 is 16.3 Å². The highest BCUT2D eigenvalue weighted by atomic mass is 32.1. The van der Waals surface area contributed by atoms with Gasteiger partial charge < -0.3 is 4.52 Å². The zero-order valence-electron chi connectivity index (χ0n) is 13.2. The van der Waals surface area contributed by atoms with Gasteiger partial charge in [-0.05, 0) is 31.5 Å². The minimum Gasteiger partial charge on any atom is -0.361 e. The SMILES string of the molecule is Cc1noc(C)c1Cc1nn2c(Cc3ccc(F)cc3)nnc2s1. The Hall–Kier alpha value is -2.61. The molecule has 1 aromatic carbocycles. The maximum atomic E-state index is 13.0. The number of nitrogens with zero attached hydrogens (tertiary/aromatic N) is 5. The molecular weight excluding hydrogens is 329 g/mol. The summed E-state index contributed by atoms with van der Waals surface area (Å²) in [4.78, 5) is 0.744. The van der Waals surface area contributed by atoms with Gasteiger partial charge in [-0.2, -0.15) is 9.61 Å². The Morgan fingerprint density at radius 3 is 2.62 bits per heavy atom. The lowest BCUT2D eigenvalue weighted by Crippen LogP contribution is -1.99. The lowest BCUT2D eigenvalue weighted by Gasteiger charge is -1.98. The molecule has 0 saturated carbocycles. The molecule has 24 heavy (non-hydrogen) atoms. The highest BCUT2D eigenvalue weighted by molar-refractivity contribution is 7.16. The van der Waals surface area contributed by atoms with Crippen LogP contribution in [0, 0.1) is 19.7 Å². The van der Waals surface area contributed by atoms with Crippen LogP contribution in [0.2, 0.25) is 0 Å². The highest BCUT2D eigenvalue weighted by Crippen LogP contribution is 2.22. The zero-order valence-corrected chi connectivity index (χ0v) is 14.0. The number of aromatic nitrogens is 5. The lowest BCUT2D eigenvalue weighted by atomic mass is 10.1. The molecule has 4 aromatic rings. The second-order valence-corrected chi connectivity index (χ2v) is 6.63. The number of fused-ring (bicyclic) bond motifs is 1. The topological polar surface area (TPSA) is 69.1 Å². The molecule has 0 aliphatic carbocycles. The van der Waals surface area contributed by atoms with E-state index in [2.05, 4.69) is 20.5 Å². The average Bonchev–Trinajstić information content (AvgIpc) is 3.22. The summed E-state index contributed by atoms with van der Waals surface area (Å²) in [5.74, 6) is 1.29. The van der Waals surface area contributed by atoms with Crippen molar-refractivity contribution in [2.45, 2.75) is 26.7 Å². The summed E-state index contributed by atoms with van der Waals surface area (Å²) >= 11 is 1.50. The molecule has 0 aliphatic rings. The van der Waals surface area contributed by atoms with Gasteiger partial charge in [0.2, 0.25) is 4.96 Å². The third kappa shape index (κ3) is 2.69. The van der Waals surface area contributed by atoms with E-state index in [0.717, 1.165) is 38.4 Å². The fourth-order valence-electron chi connectivity index (χ4n) is 2.57. The lowest BCUT2D eigenvalue weighted by molar-refractivity contribution is 0.392. The molecule has 0 saturated heterocycles. The number of benzene rings is 1. The highest BCUT2D eigenvalue weighted by Gasteiger charge is 2.16. The maximum absolute atomic E-state index is 13.0. The number of halogens is 1. The van der Waals surface area contributed by atoms with Crippen molar-refractivity contribution in [1.29, 1.82) is 0 Å². The largest absolute Gasteiger partial charge is 0.361 e. The second kappa shape index (κ2) is 5.79. The molecule has 6 nitrogen and oxygen atoms in total. The predicted octanol–water partition coefficient (Wildman–Crippen LogP) is 3.11. The van der Waals surface area contributed by atoms with E-state index in [1.807, 2.05) is 13.8 Å². The van der Waals surface area contributed by atoms with Gasteiger partial charge in [-0.15, -0.1) is 10.2 Å². The van der Waals surface area contributed by atoms with Crippen LogP contribution in [-0.4, -0.2) is 25.0 Å². The van der Waals surface area contributed by atoms with E-state index in [4.69, 9.17) is 4.52 Å². The first-order chi connectivity index (χ1) is 11.6. The van der Waals surface area contributed by atoms with Crippen LogP contribution in [0.5, 0.6) is 0 Å². The molecule has 0 atom stereocenters. The zero-order chi connectivity index (χ0) is 16.7. The third-order valence-electron chi connectivity index (χ3n) is 3.88. The molecular formula is C16H14FN5OS. The van der Waals surface area contributed by atoms with E-state index in [1.165, 1.54) is 23.5 Å². The maximum Gasteiger partial charge on any atom is 0.234 e. The Morgan fingerprint density at radius 2 is 1.92 bits per heavy atom. The third-order valence-corrected chi connectivity index (χ3v) is 4.78. The molecule has 0 radical (unpaired) electrons. The van der Waals surface area contributed by atoms with Gasteiger partial charge in [0.25, 0.3) is 0 Å². The standard InChI is InChI=1S/C16H14FN5OS/c1-9-13(10(2)23-21-9)8-15-20-22-14(18-19-16(22)24-15)7-11-3-5-12(17)6-4-11/h3-6H,7-8H2,1-2H3. The smallest absolute Gasteiger partial charge is 0.234 e. The fraction of sp³-hybridized carbons (Fsp3) is 0.250. The van der Waals surface area contributed by atoms with E-state index < -0.39 is 0 Å². The molecule has 0 fully saturated rings. The quantitative estimate of drug-likeness (QED) is 0.569. The van der Waals surface area contributed by atoms with Crippen molar-refractivity contribution in [1.82, 2.24) is 25.0 Å². The molecule has 122 valence electrons. The Bertz CT molecular complexity index is 982. The Labute approximate surface area is 140 Å². The first-order valence-corrected chi connectivity index (χ1v) is 8.28. The Balaban J connectivity index is 1.62. The average molecular weight is 343 g/mol. The van der Waals surface area contributed by atoms with E-state index in [-0.39, 0.29) is 5.82 Å². The van der Waals surface area contributed by atoms with Gasteiger partial charge in [0, 0.05) is 18.4 Å². The van der Waals surface area contributed by atoms with Crippen LogP contribution in [0.1, 0.15) is 33.4 Å². The molecule has 3 aromatic heterocycles. The van der Waals surface area contributed by atoms with E-state index in [1.54, 1.807) is 16.6 Å². The number of aryl methyl sites for hydroxylation is 2. The van der Waals surface area contributed by atoms with Crippen LogP contribution in [0.4, 0.5) is 4.39 Å². The summed E-state index contributed by atoms with van der Waals surface area (Å²) in [6.45, 7) is 3.82. The van der Waals surface area contributed by atoms with E-state index in [9.17, 15) is 4.39 Å². The van der Waals surface area contributed by atoms with Gasteiger partial charge in [0.1, 0.15) is 16.6 Å². The minimum absolute atomic E-state index is 0.249. The summed E-state index contributed by atoms with van der Waals surface area (Å²) < 4.78 is 20.0. The van der Waals surface area contributed by atoms with Gasteiger partial charge in [-0.25, -0.2) is 4.39 Å². The van der Waals surface area contributed by atoms with Crippen molar-refractivity contribution < 1.29 is 8.91 Å². The van der Waals surface area contributed by atoms with Gasteiger partial charge in [0.05, 0.1) is 5.69 Å². The summed E-state index contributed by atoms with van der Waals surface area (Å²) in [7, 11) is 0. The molecule has 0 N–H and O–H groups in total. The van der Waals surface area contributed by atoms with Gasteiger partial charge in [-0.1, -0.05) is 28.6 Å². The molecule has 0 unspecified atom stereocenters. The van der Waals surface area contributed by atoms with Gasteiger partial charge in [-0.3, -0.25) is 0 Å². The van der Waals surface area contributed by atoms with Crippen LogP contribution >= 0.6 is 11.3 Å². The number of rotatable bonds is 4. The van der Waals surface area contributed by atoms with E-state index >= 15 is 0 Å². The van der Waals surface area contributed by atoms with Crippen molar-refractivity contribution in [3.63, 3.8) is 0 Å². The molecule has 0 aliphatic heterocycles. The predicted molar refractivity (Wildman–Crippen MR) is 86.6 cm³/mol. The van der Waals surface area contributed by atoms with Crippen molar-refractivity contribution in [3.05, 3.63) is 63.5 Å². The normalized spacial score (nSPS) is 11.5. The molecule has 0 bridgehead atoms. The van der Waals surface area contributed by atoms with E-state index in [0.29, 0.717) is 12.8 Å². The van der Waals surface area contributed by atoms with Crippen molar-refractivity contribution in [2.75, 3.05) is 0 Å². The molecule has 0 amide bonds. The van der Waals surface area contributed by atoms with Crippen LogP contribution in [0.3, 0.4) is 0 Å². The Kier molecular flexibility index (Phi) is 3.61. The first kappa shape index (κ1) is 14.9. The summed E-state index contributed by atoms with van der Waals surface area (Å²) in [5, 5.41) is 17.9. The van der Waals surface area contributed by atoms with Gasteiger partial charge in [0.15, 0.2) is 5.82 Å². The number of hydrogen-bond acceptors (Lipinski definition) is 6. The molecule has 4 rings (SSSR count). The van der Waals surface area contributed by atoms with Crippen molar-refractivity contribution in [2.24, 2.45) is 0 Å². The molecule has 8 heteroatoms. The van der Waals surface area contributed by atoms with Crippen LogP contribution < -0.4 is 0 Å². The Morgan fingerprint density at radius 1 is 1.12 bits per heavy atom. The minimum atomic E-state index is -0.249. The molecule has 3 heterocycles. The monoisotopic (exact) mass is 343 g/mol. The molecule has 0 spiro atoms. The van der Waals surface area contributed by atoms with Crippen LogP contribution in [0.15, 0.2) is 28.8 Å². The summed E-state index contributed by atoms with van der Waals surface area (Å²) in [6.07, 6.45) is 1.21.